The van der Waals surface area contributed by atoms with Gasteiger partial charge in [-0.15, -0.1) is 0 Å². The van der Waals surface area contributed by atoms with Gasteiger partial charge in [-0.3, -0.25) is 4.98 Å². The molecule has 0 spiro atoms. The van der Waals surface area contributed by atoms with Crippen molar-refractivity contribution in [3.05, 3.63) is 48.2 Å². The number of nitrogens with two attached hydrogens (primary N) is 1. The van der Waals surface area contributed by atoms with E-state index in [-0.39, 0.29) is 0 Å². The highest BCUT2D eigenvalue weighted by molar-refractivity contribution is 5.66. The molecule has 0 bridgehead atoms. The number of benzene rings is 1. The lowest BCUT2D eigenvalue weighted by atomic mass is 10.1. The van der Waals surface area contributed by atoms with Crippen molar-refractivity contribution in [2.75, 3.05) is 7.11 Å². The molecular formula is C13H14N2O. The van der Waals surface area contributed by atoms with Crippen molar-refractivity contribution in [2.24, 2.45) is 5.73 Å². The van der Waals surface area contributed by atoms with Gasteiger partial charge in [0.1, 0.15) is 11.4 Å². The van der Waals surface area contributed by atoms with Gasteiger partial charge in [-0.2, -0.15) is 0 Å². The first-order valence-electron chi connectivity index (χ1n) is 5.13. The van der Waals surface area contributed by atoms with Crippen LogP contribution in [0.15, 0.2) is 42.6 Å². The van der Waals surface area contributed by atoms with E-state index in [9.17, 15) is 0 Å². The highest BCUT2D eigenvalue weighted by atomic mass is 16.5. The van der Waals surface area contributed by atoms with Gasteiger partial charge in [-0.1, -0.05) is 24.3 Å². The van der Waals surface area contributed by atoms with Crippen LogP contribution in [0.1, 0.15) is 5.56 Å². The minimum absolute atomic E-state index is 0.555. The lowest BCUT2D eigenvalue weighted by Crippen LogP contribution is -1.96. The Morgan fingerprint density at radius 2 is 1.94 bits per heavy atom. The summed E-state index contributed by atoms with van der Waals surface area (Å²) < 4.78 is 5.27. The van der Waals surface area contributed by atoms with Crippen LogP contribution in [0.25, 0.3) is 11.3 Å². The van der Waals surface area contributed by atoms with E-state index in [2.05, 4.69) is 4.98 Å². The molecule has 2 rings (SSSR count). The molecule has 0 fully saturated rings. The lowest BCUT2D eigenvalue weighted by Gasteiger charge is -2.07. The molecule has 1 heterocycles. The number of rotatable bonds is 3. The van der Waals surface area contributed by atoms with Crippen LogP contribution >= 0.6 is 0 Å². The van der Waals surface area contributed by atoms with Crippen LogP contribution in [0.3, 0.4) is 0 Å². The van der Waals surface area contributed by atoms with Crippen molar-refractivity contribution in [3.63, 3.8) is 0 Å². The smallest absolute Gasteiger partial charge is 0.145 e. The minimum atomic E-state index is 0.555. The average Bonchev–Trinajstić information content (AvgIpc) is 2.39. The fraction of sp³-hybridized carbons (Fsp3) is 0.154. The fourth-order valence-electron chi connectivity index (χ4n) is 1.57. The van der Waals surface area contributed by atoms with E-state index in [0.717, 1.165) is 22.6 Å². The number of nitrogens with zero attached hydrogens (tertiary/aromatic N) is 1. The lowest BCUT2D eigenvalue weighted by molar-refractivity contribution is 0.415. The second kappa shape index (κ2) is 4.77. The van der Waals surface area contributed by atoms with E-state index in [4.69, 9.17) is 10.5 Å². The van der Waals surface area contributed by atoms with Crippen molar-refractivity contribution in [1.82, 2.24) is 4.98 Å². The monoisotopic (exact) mass is 214 g/mol. The number of pyridine rings is 1. The molecule has 0 saturated carbocycles. The Balaban J connectivity index is 2.42. The first-order chi connectivity index (χ1) is 7.85. The molecule has 0 amide bonds. The topological polar surface area (TPSA) is 48.1 Å². The molecule has 16 heavy (non-hydrogen) atoms. The zero-order valence-corrected chi connectivity index (χ0v) is 9.18. The highest BCUT2D eigenvalue weighted by Crippen LogP contribution is 2.26. The van der Waals surface area contributed by atoms with Crippen molar-refractivity contribution in [2.45, 2.75) is 6.54 Å². The Labute approximate surface area is 94.9 Å². The van der Waals surface area contributed by atoms with E-state index in [0.29, 0.717) is 6.54 Å². The molecular weight excluding hydrogens is 200 g/mol. The molecule has 82 valence electrons. The second-order valence-corrected chi connectivity index (χ2v) is 3.46. The Hall–Kier alpha value is -1.87. The number of hydrogen-bond donors (Lipinski definition) is 1. The Kier molecular flexibility index (Phi) is 3.17. The van der Waals surface area contributed by atoms with Crippen molar-refractivity contribution in [3.8, 4) is 17.0 Å². The zero-order valence-electron chi connectivity index (χ0n) is 9.18. The molecule has 1 aromatic heterocycles. The molecule has 0 saturated heterocycles. The molecule has 3 nitrogen and oxygen atoms in total. The summed E-state index contributed by atoms with van der Waals surface area (Å²) in [6.45, 7) is 0.555. The molecule has 0 aliphatic rings. The van der Waals surface area contributed by atoms with Crippen LogP contribution in [0.4, 0.5) is 0 Å². The summed E-state index contributed by atoms with van der Waals surface area (Å²) in [6, 6.07) is 11.8. The maximum Gasteiger partial charge on any atom is 0.145 e. The van der Waals surface area contributed by atoms with Gasteiger partial charge in [-0.05, 0) is 17.7 Å². The minimum Gasteiger partial charge on any atom is -0.494 e. The van der Waals surface area contributed by atoms with E-state index < -0.39 is 0 Å². The molecule has 2 aromatic rings. The van der Waals surface area contributed by atoms with Gasteiger partial charge in [0.25, 0.3) is 0 Å². The van der Waals surface area contributed by atoms with Crippen LogP contribution in [0.5, 0.6) is 5.75 Å². The van der Waals surface area contributed by atoms with E-state index in [1.165, 1.54) is 0 Å². The number of ether oxygens (including phenoxy) is 1. The van der Waals surface area contributed by atoms with Gasteiger partial charge < -0.3 is 10.5 Å². The van der Waals surface area contributed by atoms with Gasteiger partial charge >= 0.3 is 0 Å². The van der Waals surface area contributed by atoms with Crippen molar-refractivity contribution < 1.29 is 4.74 Å². The Bertz CT molecular complexity index is 466. The quantitative estimate of drug-likeness (QED) is 0.852. The molecule has 0 atom stereocenters. The third-order valence-electron chi connectivity index (χ3n) is 2.45. The predicted octanol–water partition coefficient (Wildman–Crippen LogP) is 2.22. The van der Waals surface area contributed by atoms with Gasteiger partial charge in [0.2, 0.25) is 0 Å². The van der Waals surface area contributed by atoms with E-state index in [1.807, 2.05) is 36.4 Å². The molecule has 0 unspecified atom stereocenters. The number of aromatic nitrogens is 1. The van der Waals surface area contributed by atoms with Crippen molar-refractivity contribution >= 4 is 0 Å². The summed E-state index contributed by atoms with van der Waals surface area (Å²) in [6.07, 6.45) is 1.76. The van der Waals surface area contributed by atoms with E-state index >= 15 is 0 Å². The van der Waals surface area contributed by atoms with Gasteiger partial charge in [-0.25, -0.2) is 0 Å². The van der Waals surface area contributed by atoms with E-state index in [1.54, 1.807) is 13.3 Å². The summed E-state index contributed by atoms with van der Waals surface area (Å²) in [4.78, 5) is 4.32. The number of methoxy groups -OCH3 is 1. The third-order valence-corrected chi connectivity index (χ3v) is 2.45. The third kappa shape index (κ3) is 2.04. The molecule has 2 N–H and O–H groups in total. The molecule has 1 aromatic carbocycles. The van der Waals surface area contributed by atoms with Gasteiger partial charge in [0.05, 0.1) is 7.11 Å². The predicted molar refractivity (Wildman–Crippen MR) is 64.1 cm³/mol. The van der Waals surface area contributed by atoms with Gasteiger partial charge in [0, 0.05) is 18.3 Å². The average molecular weight is 214 g/mol. The summed E-state index contributed by atoms with van der Waals surface area (Å²) in [5.41, 5.74) is 8.56. The van der Waals surface area contributed by atoms with Gasteiger partial charge in [0.15, 0.2) is 0 Å². The van der Waals surface area contributed by atoms with Crippen LogP contribution in [0, 0.1) is 0 Å². The summed E-state index contributed by atoms with van der Waals surface area (Å²) >= 11 is 0. The molecule has 0 aliphatic heterocycles. The summed E-state index contributed by atoms with van der Waals surface area (Å²) in [5.74, 6) is 0.781. The number of hydrogen-bond acceptors (Lipinski definition) is 3. The normalized spacial score (nSPS) is 10.1. The van der Waals surface area contributed by atoms with Crippen LogP contribution in [-0.2, 0) is 6.54 Å². The van der Waals surface area contributed by atoms with Crippen molar-refractivity contribution in [1.29, 1.82) is 0 Å². The molecule has 0 aliphatic carbocycles. The van der Waals surface area contributed by atoms with Crippen LogP contribution in [-0.4, -0.2) is 12.1 Å². The maximum atomic E-state index is 5.55. The highest BCUT2D eigenvalue weighted by Gasteiger charge is 2.05. The maximum absolute atomic E-state index is 5.55. The fourth-order valence-corrected chi connectivity index (χ4v) is 1.57. The summed E-state index contributed by atoms with van der Waals surface area (Å²) in [5, 5.41) is 0. The largest absolute Gasteiger partial charge is 0.494 e. The molecule has 0 radical (unpaired) electrons. The zero-order chi connectivity index (χ0) is 11.4. The first kappa shape index (κ1) is 10.6. The van der Waals surface area contributed by atoms with Crippen LogP contribution in [0.2, 0.25) is 0 Å². The first-order valence-corrected chi connectivity index (χ1v) is 5.13. The molecule has 3 heteroatoms. The standard InChI is InChI=1S/C13H14N2O/c1-16-12-3-2-8-15-13(12)11-6-4-10(9-14)5-7-11/h2-8H,9,14H2,1H3. The Morgan fingerprint density at radius 3 is 2.56 bits per heavy atom. The second-order valence-electron chi connectivity index (χ2n) is 3.46. The SMILES string of the molecule is COc1cccnc1-c1ccc(CN)cc1. The Morgan fingerprint density at radius 1 is 1.19 bits per heavy atom. The summed E-state index contributed by atoms with van der Waals surface area (Å²) in [7, 11) is 1.65. The van der Waals surface area contributed by atoms with Crippen LogP contribution < -0.4 is 10.5 Å².